The zero-order chi connectivity index (χ0) is 8.60. The van der Waals surface area contributed by atoms with Gasteiger partial charge in [-0.25, -0.2) is 9.98 Å². The lowest BCUT2D eigenvalue weighted by Crippen LogP contribution is -2.19. The minimum Gasteiger partial charge on any atom is -0.344 e. The smallest absolute Gasteiger partial charge is 0.336 e. The van der Waals surface area contributed by atoms with E-state index in [1.54, 1.807) is 6.92 Å². The van der Waals surface area contributed by atoms with Crippen molar-refractivity contribution >= 4 is 6.34 Å². The largest absolute Gasteiger partial charge is 0.344 e. The summed E-state index contributed by atoms with van der Waals surface area (Å²) in [6, 6.07) is 0. The summed E-state index contributed by atoms with van der Waals surface area (Å²) in [5.74, 6) is -0.991. The van der Waals surface area contributed by atoms with Crippen LogP contribution in [0.15, 0.2) is 15.2 Å². The van der Waals surface area contributed by atoms with Gasteiger partial charge in [-0.05, 0) is 6.92 Å². The summed E-state index contributed by atoms with van der Waals surface area (Å²) in [6.45, 7) is 1.69. The average molecular weight is 166 g/mol. The van der Waals surface area contributed by atoms with Gasteiger partial charge in [0.05, 0.1) is 0 Å². The molecule has 0 saturated carbocycles. The third-order valence-electron chi connectivity index (χ3n) is 1.40. The minimum absolute atomic E-state index is 0.178. The van der Waals surface area contributed by atoms with Crippen molar-refractivity contribution in [2.75, 3.05) is 0 Å². The van der Waals surface area contributed by atoms with Gasteiger partial charge >= 0.3 is 5.85 Å². The Balaban J connectivity index is 2.42. The fourth-order valence-electron chi connectivity index (χ4n) is 0.843. The molecule has 1 unspecified atom stereocenters. The number of aromatic nitrogens is 3. The molecule has 0 radical (unpaired) electrons. The summed E-state index contributed by atoms with van der Waals surface area (Å²) in [6.07, 6.45) is 1.16. The van der Waals surface area contributed by atoms with Gasteiger partial charge in [0.1, 0.15) is 12.2 Å². The number of rotatable bonds is 1. The zero-order valence-corrected chi connectivity index (χ0v) is 6.26. The van der Waals surface area contributed by atoms with E-state index in [-0.39, 0.29) is 5.82 Å². The molecule has 2 rings (SSSR count). The first-order valence-electron chi connectivity index (χ1n) is 3.28. The molecular formula is C5H6N6O. The van der Waals surface area contributed by atoms with Crippen molar-refractivity contribution in [3.8, 4) is 0 Å². The summed E-state index contributed by atoms with van der Waals surface area (Å²) in [5.41, 5.74) is 0. The zero-order valence-electron chi connectivity index (χ0n) is 6.26. The Hall–Kier alpha value is -1.63. The fraction of sp³-hybridized carbons (Fsp3) is 0.400. The number of aromatic amines is 1. The van der Waals surface area contributed by atoms with E-state index in [0.29, 0.717) is 5.82 Å². The number of aryl methyl sites for hydroxylation is 1. The van der Waals surface area contributed by atoms with Crippen molar-refractivity contribution in [3.05, 3.63) is 11.6 Å². The Morgan fingerprint density at radius 3 is 2.92 bits per heavy atom. The van der Waals surface area contributed by atoms with E-state index in [0.717, 1.165) is 6.34 Å². The lowest BCUT2D eigenvalue weighted by atomic mass is 10.4. The Kier molecular flexibility index (Phi) is 1.28. The maximum absolute atomic E-state index is 9.58. The molecule has 1 aliphatic rings. The number of H-pyrrole nitrogens is 1. The molecular weight excluding hydrogens is 160 g/mol. The number of hydrogen-bond acceptors (Lipinski definition) is 6. The van der Waals surface area contributed by atoms with Crippen LogP contribution in [-0.2, 0) is 5.85 Å². The Bertz CT molecular complexity index is 341. The first-order valence-corrected chi connectivity index (χ1v) is 3.28. The van der Waals surface area contributed by atoms with Crippen molar-refractivity contribution in [1.82, 2.24) is 15.2 Å². The van der Waals surface area contributed by atoms with Gasteiger partial charge in [0.15, 0.2) is 0 Å². The van der Waals surface area contributed by atoms with E-state index in [4.69, 9.17) is 0 Å². The summed E-state index contributed by atoms with van der Waals surface area (Å²) in [7, 11) is 0. The molecule has 0 fully saturated rings. The van der Waals surface area contributed by atoms with Gasteiger partial charge in [0, 0.05) is 0 Å². The highest BCUT2D eigenvalue weighted by atomic mass is 16.3. The second kappa shape index (κ2) is 2.18. The molecule has 12 heavy (non-hydrogen) atoms. The van der Waals surface area contributed by atoms with Gasteiger partial charge in [0.25, 0.3) is 0 Å². The minimum atomic E-state index is -1.69. The van der Waals surface area contributed by atoms with Crippen molar-refractivity contribution in [3.63, 3.8) is 0 Å². The van der Waals surface area contributed by atoms with Crippen molar-refractivity contribution < 1.29 is 5.11 Å². The van der Waals surface area contributed by atoms with Crippen LogP contribution in [0, 0.1) is 6.92 Å². The van der Waals surface area contributed by atoms with E-state index in [1.807, 2.05) is 0 Å². The van der Waals surface area contributed by atoms with Crippen LogP contribution in [0.3, 0.4) is 0 Å². The first-order chi connectivity index (χ1) is 5.71. The topological polar surface area (TPSA) is 98.9 Å². The standard InChI is InChI=1S/C5H6N6O/c1-3-8-4(10-9-3)5(12)6-2-7-11-5/h2,12H,1H3,(H,8,9,10). The second-order valence-corrected chi connectivity index (χ2v) is 2.33. The maximum Gasteiger partial charge on any atom is 0.336 e. The molecule has 0 spiro atoms. The summed E-state index contributed by atoms with van der Waals surface area (Å²) in [4.78, 5) is 7.49. The van der Waals surface area contributed by atoms with Gasteiger partial charge in [-0.15, -0.1) is 10.2 Å². The fourth-order valence-corrected chi connectivity index (χ4v) is 0.843. The van der Waals surface area contributed by atoms with Crippen LogP contribution in [-0.4, -0.2) is 26.6 Å². The molecule has 1 aromatic rings. The lowest BCUT2D eigenvalue weighted by Gasteiger charge is -2.08. The molecule has 0 aromatic carbocycles. The SMILES string of the molecule is Cc1n[nH]c(C2(O)N=CN=N2)n1. The Labute approximate surface area is 67.3 Å². The normalized spacial score (nSPS) is 26.8. The number of hydrogen-bond donors (Lipinski definition) is 2. The number of aliphatic hydroxyl groups is 1. The number of nitrogens with one attached hydrogen (secondary N) is 1. The van der Waals surface area contributed by atoms with Crippen LogP contribution >= 0.6 is 0 Å². The third kappa shape index (κ3) is 0.909. The van der Waals surface area contributed by atoms with Crippen LogP contribution < -0.4 is 0 Å². The predicted octanol–water partition coefficient (Wildman–Crippen LogP) is -0.290. The number of nitrogens with zero attached hydrogens (tertiary/aromatic N) is 5. The van der Waals surface area contributed by atoms with Crippen LogP contribution in [0.1, 0.15) is 11.6 Å². The van der Waals surface area contributed by atoms with E-state index in [1.165, 1.54) is 0 Å². The third-order valence-corrected chi connectivity index (χ3v) is 1.40. The molecule has 1 aliphatic heterocycles. The predicted molar refractivity (Wildman–Crippen MR) is 38.4 cm³/mol. The molecule has 0 amide bonds. The maximum atomic E-state index is 9.58. The molecule has 7 nitrogen and oxygen atoms in total. The summed E-state index contributed by atoms with van der Waals surface area (Å²) < 4.78 is 0. The molecule has 62 valence electrons. The number of aliphatic imine (C=N–C) groups is 1. The van der Waals surface area contributed by atoms with Crippen molar-refractivity contribution in [2.24, 2.45) is 15.2 Å². The van der Waals surface area contributed by atoms with Crippen LogP contribution in [0.2, 0.25) is 0 Å². The van der Waals surface area contributed by atoms with Crippen LogP contribution in [0.5, 0.6) is 0 Å². The molecule has 1 atom stereocenters. The van der Waals surface area contributed by atoms with E-state index in [9.17, 15) is 5.11 Å². The Morgan fingerprint density at radius 2 is 2.42 bits per heavy atom. The van der Waals surface area contributed by atoms with Crippen molar-refractivity contribution in [2.45, 2.75) is 12.8 Å². The highest BCUT2D eigenvalue weighted by Gasteiger charge is 2.34. The molecule has 2 N–H and O–H groups in total. The highest BCUT2D eigenvalue weighted by Crippen LogP contribution is 2.23. The molecule has 1 aromatic heterocycles. The molecule has 7 heteroatoms. The molecule has 0 aliphatic carbocycles. The average Bonchev–Trinajstić information content (AvgIpc) is 2.59. The first kappa shape index (κ1) is 7.04. The van der Waals surface area contributed by atoms with Gasteiger partial charge in [-0.3, -0.25) is 5.10 Å². The van der Waals surface area contributed by atoms with Gasteiger partial charge < -0.3 is 5.11 Å². The number of azo groups is 1. The van der Waals surface area contributed by atoms with E-state index in [2.05, 4.69) is 30.4 Å². The highest BCUT2D eigenvalue weighted by molar-refractivity contribution is 5.56. The van der Waals surface area contributed by atoms with Crippen LogP contribution in [0.4, 0.5) is 0 Å². The molecule has 2 heterocycles. The summed E-state index contributed by atoms with van der Waals surface area (Å²) in [5, 5.41) is 22.7. The van der Waals surface area contributed by atoms with Gasteiger partial charge in [-0.1, -0.05) is 0 Å². The monoisotopic (exact) mass is 166 g/mol. The van der Waals surface area contributed by atoms with E-state index < -0.39 is 5.85 Å². The van der Waals surface area contributed by atoms with Gasteiger partial charge in [-0.2, -0.15) is 5.10 Å². The van der Waals surface area contributed by atoms with E-state index >= 15 is 0 Å². The summed E-state index contributed by atoms with van der Waals surface area (Å²) >= 11 is 0. The van der Waals surface area contributed by atoms with Gasteiger partial charge in [0.2, 0.25) is 5.82 Å². The second-order valence-electron chi connectivity index (χ2n) is 2.33. The van der Waals surface area contributed by atoms with Crippen molar-refractivity contribution in [1.29, 1.82) is 0 Å². The van der Waals surface area contributed by atoms with Crippen LogP contribution in [0.25, 0.3) is 0 Å². The Morgan fingerprint density at radius 1 is 1.58 bits per heavy atom. The lowest BCUT2D eigenvalue weighted by molar-refractivity contribution is 0.0466. The quantitative estimate of drug-likeness (QED) is 0.599. The molecule has 0 saturated heterocycles. The molecule has 0 bridgehead atoms.